The van der Waals surface area contributed by atoms with Gasteiger partial charge >= 0.3 is 0 Å². The van der Waals surface area contributed by atoms with Gasteiger partial charge in [0.15, 0.2) is 0 Å². The molecule has 1 N–H and O–H groups in total. The van der Waals surface area contributed by atoms with Crippen LogP contribution < -0.4 is 10.2 Å². The molecule has 0 aromatic heterocycles. The molecule has 1 heterocycles. The Balaban J connectivity index is 2.18. The van der Waals surface area contributed by atoms with Crippen molar-refractivity contribution >= 4 is 11.6 Å². The van der Waals surface area contributed by atoms with Gasteiger partial charge in [0.25, 0.3) is 0 Å². The summed E-state index contributed by atoms with van der Waals surface area (Å²) in [5.74, 6) is 0.162. The molecule has 1 aliphatic rings. The van der Waals surface area contributed by atoms with Crippen LogP contribution in [0.5, 0.6) is 0 Å². The van der Waals surface area contributed by atoms with Crippen molar-refractivity contribution < 1.29 is 9.53 Å². The summed E-state index contributed by atoms with van der Waals surface area (Å²) >= 11 is 0. The second-order valence-electron chi connectivity index (χ2n) is 5.85. The number of nitrogens with zero attached hydrogens (tertiary/aromatic N) is 1. The molecule has 0 atom stereocenters. The van der Waals surface area contributed by atoms with Crippen LogP contribution in [0.2, 0.25) is 0 Å². The first-order chi connectivity index (χ1) is 10.1. The first-order valence-electron chi connectivity index (χ1n) is 7.70. The van der Waals surface area contributed by atoms with Crippen molar-refractivity contribution in [2.24, 2.45) is 5.41 Å². The summed E-state index contributed by atoms with van der Waals surface area (Å²) in [6, 6.07) is 8.23. The lowest BCUT2D eigenvalue weighted by molar-refractivity contribution is -0.133. The van der Waals surface area contributed by atoms with Gasteiger partial charge in [-0.05, 0) is 50.0 Å². The SMILES string of the molecule is CCc1ccc(N(C)C(=O)C2(COC)CCNCC2)cc1. The third-order valence-corrected chi connectivity index (χ3v) is 4.47. The van der Waals surface area contributed by atoms with Crippen LogP contribution in [0.4, 0.5) is 5.69 Å². The summed E-state index contributed by atoms with van der Waals surface area (Å²) in [5.41, 5.74) is 1.84. The van der Waals surface area contributed by atoms with E-state index in [1.54, 1.807) is 12.0 Å². The molecule has 1 fully saturated rings. The van der Waals surface area contributed by atoms with Gasteiger partial charge < -0.3 is 15.0 Å². The molecule has 116 valence electrons. The fourth-order valence-corrected chi connectivity index (χ4v) is 3.03. The summed E-state index contributed by atoms with van der Waals surface area (Å²) in [6.45, 7) is 4.37. The van der Waals surface area contributed by atoms with E-state index in [-0.39, 0.29) is 5.91 Å². The van der Waals surface area contributed by atoms with Crippen molar-refractivity contribution in [1.29, 1.82) is 0 Å². The zero-order chi connectivity index (χ0) is 15.3. The number of hydrogen-bond donors (Lipinski definition) is 1. The molecular formula is C17H26N2O2. The molecule has 0 aliphatic carbocycles. The van der Waals surface area contributed by atoms with Gasteiger partial charge in [0, 0.05) is 19.8 Å². The van der Waals surface area contributed by atoms with Crippen LogP contribution in [0.25, 0.3) is 0 Å². The smallest absolute Gasteiger partial charge is 0.235 e. The van der Waals surface area contributed by atoms with E-state index in [9.17, 15) is 4.79 Å². The first-order valence-corrected chi connectivity index (χ1v) is 7.70. The number of carbonyl (C=O) groups is 1. The summed E-state index contributed by atoms with van der Waals surface area (Å²) in [6.07, 6.45) is 2.67. The molecule has 21 heavy (non-hydrogen) atoms. The lowest BCUT2D eigenvalue weighted by atomic mass is 9.78. The topological polar surface area (TPSA) is 41.6 Å². The Morgan fingerprint density at radius 2 is 1.90 bits per heavy atom. The Labute approximate surface area is 127 Å². The summed E-state index contributed by atoms with van der Waals surface area (Å²) in [5, 5.41) is 3.32. The van der Waals surface area contributed by atoms with Gasteiger partial charge in [-0.1, -0.05) is 19.1 Å². The lowest BCUT2D eigenvalue weighted by Crippen LogP contribution is -2.50. The van der Waals surface area contributed by atoms with Gasteiger partial charge in [0.05, 0.1) is 12.0 Å². The van der Waals surface area contributed by atoms with E-state index in [1.807, 2.05) is 19.2 Å². The van der Waals surface area contributed by atoms with Crippen LogP contribution in [-0.4, -0.2) is 39.8 Å². The molecule has 4 heteroatoms. The van der Waals surface area contributed by atoms with Crippen LogP contribution in [0.15, 0.2) is 24.3 Å². The highest BCUT2D eigenvalue weighted by Crippen LogP contribution is 2.33. The number of hydrogen-bond acceptors (Lipinski definition) is 3. The number of amides is 1. The number of ether oxygens (including phenoxy) is 1. The molecule has 0 bridgehead atoms. The van der Waals surface area contributed by atoms with Crippen molar-refractivity contribution in [1.82, 2.24) is 5.32 Å². The van der Waals surface area contributed by atoms with Crippen LogP contribution in [-0.2, 0) is 16.0 Å². The highest BCUT2D eigenvalue weighted by molar-refractivity contribution is 5.97. The largest absolute Gasteiger partial charge is 0.384 e. The van der Waals surface area contributed by atoms with Crippen LogP contribution >= 0.6 is 0 Å². The maximum Gasteiger partial charge on any atom is 0.235 e. The zero-order valence-electron chi connectivity index (χ0n) is 13.3. The first kappa shape index (κ1) is 16.0. The number of carbonyl (C=O) groups excluding carboxylic acids is 1. The third kappa shape index (κ3) is 3.44. The molecule has 1 saturated heterocycles. The number of rotatable bonds is 5. The number of methoxy groups -OCH3 is 1. The third-order valence-electron chi connectivity index (χ3n) is 4.47. The summed E-state index contributed by atoms with van der Waals surface area (Å²) in [4.78, 5) is 14.8. The van der Waals surface area contributed by atoms with E-state index < -0.39 is 5.41 Å². The van der Waals surface area contributed by atoms with E-state index >= 15 is 0 Å². The van der Waals surface area contributed by atoms with Gasteiger partial charge in [-0.15, -0.1) is 0 Å². The van der Waals surface area contributed by atoms with E-state index in [0.717, 1.165) is 38.0 Å². The molecule has 0 unspecified atom stereocenters. The standard InChI is InChI=1S/C17H26N2O2/c1-4-14-5-7-15(8-6-14)19(2)16(20)17(13-21-3)9-11-18-12-10-17/h5-8,18H,4,9-13H2,1-3H3. The van der Waals surface area contributed by atoms with E-state index in [1.165, 1.54) is 5.56 Å². The van der Waals surface area contributed by atoms with Gasteiger partial charge in [-0.2, -0.15) is 0 Å². The van der Waals surface area contributed by atoms with Gasteiger partial charge in [0.2, 0.25) is 5.91 Å². The molecule has 1 amide bonds. The molecule has 1 aromatic carbocycles. The average Bonchev–Trinajstić information content (AvgIpc) is 2.54. The van der Waals surface area contributed by atoms with Crippen LogP contribution in [0, 0.1) is 5.41 Å². The second-order valence-corrected chi connectivity index (χ2v) is 5.85. The fourth-order valence-electron chi connectivity index (χ4n) is 3.03. The quantitative estimate of drug-likeness (QED) is 0.904. The minimum Gasteiger partial charge on any atom is -0.384 e. The highest BCUT2D eigenvalue weighted by atomic mass is 16.5. The van der Waals surface area contributed by atoms with Crippen molar-refractivity contribution in [2.75, 3.05) is 38.8 Å². The average molecular weight is 290 g/mol. The Hall–Kier alpha value is -1.39. The number of benzene rings is 1. The van der Waals surface area contributed by atoms with E-state index in [2.05, 4.69) is 24.4 Å². The minimum absolute atomic E-state index is 0.162. The zero-order valence-corrected chi connectivity index (χ0v) is 13.3. The Bertz CT molecular complexity index is 459. The molecule has 0 saturated carbocycles. The normalized spacial score (nSPS) is 17.5. The molecule has 1 aliphatic heterocycles. The molecule has 0 radical (unpaired) electrons. The molecule has 4 nitrogen and oxygen atoms in total. The summed E-state index contributed by atoms with van der Waals surface area (Å²) < 4.78 is 5.35. The number of nitrogens with one attached hydrogen (secondary N) is 1. The van der Waals surface area contributed by atoms with Gasteiger partial charge in [0.1, 0.15) is 0 Å². The molecular weight excluding hydrogens is 264 g/mol. The Morgan fingerprint density at radius 1 is 1.29 bits per heavy atom. The van der Waals surface area contributed by atoms with E-state index in [4.69, 9.17) is 4.74 Å². The predicted molar refractivity (Wildman–Crippen MR) is 85.6 cm³/mol. The monoisotopic (exact) mass is 290 g/mol. The van der Waals surface area contributed by atoms with Gasteiger partial charge in [-0.25, -0.2) is 0 Å². The number of aryl methyl sites for hydroxylation is 1. The van der Waals surface area contributed by atoms with Crippen molar-refractivity contribution in [3.63, 3.8) is 0 Å². The van der Waals surface area contributed by atoms with Crippen molar-refractivity contribution in [3.05, 3.63) is 29.8 Å². The van der Waals surface area contributed by atoms with Crippen molar-refractivity contribution in [3.8, 4) is 0 Å². The Kier molecular flexibility index (Phi) is 5.37. The minimum atomic E-state index is -0.391. The molecule has 2 rings (SSSR count). The van der Waals surface area contributed by atoms with Gasteiger partial charge in [-0.3, -0.25) is 4.79 Å². The fraction of sp³-hybridized carbons (Fsp3) is 0.588. The second kappa shape index (κ2) is 7.05. The Morgan fingerprint density at radius 3 is 2.43 bits per heavy atom. The number of piperidine rings is 1. The van der Waals surface area contributed by atoms with E-state index in [0.29, 0.717) is 6.61 Å². The molecule has 1 aromatic rings. The highest BCUT2D eigenvalue weighted by Gasteiger charge is 2.41. The maximum absolute atomic E-state index is 13.0. The summed E-state index contributed by atoms with van der Waals surface area (Å²) in [7, 11) is 3.54. The lowest BCUT2D eigenvalue weighted by Gasteiger charge is -2.38. The van der Waals surface area contributed by atoms with Crippen molar-refractivity contribution in [2.45, 2.75) is 26.2 Å². The van der Waals surface area contributed by atoms with Crippen LogP contribution in [0.3, 0.4) is 0 Å². The molecule has 0 spiro atoms. The number of anilines is 1. The van der Waals surface area contributed by atoms with Crippen LogP contribution in [0.1, 0.15) is 25.3 Å². The maximum atomic E-state index is 13.0. The predicted octanol–water partition coefficient (Wildman–Crippen LogP) is 2.23.